The van der Waals surface area contributed by atoms with Gasteiger partial charge < -0.3 is 4.74 Å². The van der Waals surface area contributed by atoms with Crippen molar-refractivity contribution in [2.45, 2.75) is 23.8 Å². The maximum absolute atomic E-state index is 13.0. The fourth-order valence-electron chi connectivity index (χ4n) is 3.16. The number of hydrogen-bond acceptors (Lipinski definition) is 7. The summed E-state index contributed by atoms with van der Waals surface area (Å²) >= 11 is 0. The van der Waals surface area contributed by atoms with Gasteiger partial charge in [-0.1, -0.05) is 29.8 Å². The Kier molecular flexibility index (Phi) is 4.67. The normalized spacial score (nSPS) is 21.0. The maximum Gasteiger partial charge on any atom is 0.279 e. The molecule has 2 atom stereocenters. The fraction of sp³-hybridized carbons (Fsp3) is 0.263. The molecule has 0 amide bonds. The van der Waals surface area contributed by atoms with E-state index in [0.717, 1.165) is 9.98 Å². The first-order chi connectivity index (χ1) is 13.8. The number of rotatable bonds is 6. The molecule has 0 radical (unpaired) electrons. The highest BCUT2D eigenvalue weighted by atomic mass is 32.2. The Morgan fingerprint density at radius 3 is 2.55 bits per heavy atom. The minimum atomic E-state index is -3.98. The highest BCUT2D eigenvalue weighted by molar-refractivity contribution is 7.89. The summed E-state index contributed by atoms with van der Waals surface area (Å²) in [5.74, 6) is -1.12. The van der Waals surface area contributed by atoms with E-state index >= 15 is 0 Å². The van der Waals surface area contributed by atoms with Gasteiger partial charge in [0.1, 0.15) is 11.8 Å². The number of nitro groups is 1. The van der Waals surface area contributed by atoms with Gasteiger partial charge in [0.25, 0.3) is 15.7 Å². The van der Waals surface area contributed by atoms with Gasteiger partial charge in [0.15, 0.2) is 0 Å². The molecule has 1 fully saturated rings. The predicted molar refractivity (Wildman–Crippen MR) is 103 cm³/mol. The highest BCUT2D eigenvalue weighted by Crippen LogP contribution is 2.33. The lowest BCUT2D eigenvalue weighted by Crippen LogP contribution is -2.27. The molecule has 0 unspecified atom stereocenters. The largest absolute Gasteiger partial charge is 0.364 e. The van der Waals surface area contributed by atoms with Gasteiger partial charge >= 0.3 is 0 Å². The zero-order valence-electron chi connectivity index (χ0n) is 15.4. The summed E-state index contributed by atoms with van der Waals surface area (Å²) in [6.45, 7) is 1.98. The lowest BCUT2D eigenvalue weighted by molar-refractivity contribution is -0.384. The van der Waals surface area contributed by atoms with Crippen molar-refractivity contribution < 1.29 is 22.9 Å². The second kappa shape index (κ2) is 7.05. The first-order valence-corrected chi connectivity index (χ1v) is 10.3. The first-order valence-electron chi connectivity index (χ1n) is 8.85. The van der Waals surface area contributed by atoms with E-state index in [1.54, 1.807) is 18.2 Å². The van der Waals surface area contributed by atoms with Gasteiger partial charge in [-0.3, -0.25) is 14.9 Å². The molecule has 2 aromatic rings. The molecular formula is C19H17N3O6S. The summed E-state index contributed by atoms with van der Waals surface area (Å²) in [5.41, 5.74) is 1.25. The molecule has 2 aliphatic rings. The van der Waals surface area contributed by atoms with E-state index < -0.39 is 32.8 Å². The van der Waals surface area contributed by atoms with Crippen LogP contribution in [0.4, 0.5) is 5.69 Å². The molecule has 0 N–H and O–H groups in total. The zero-order chi connectivity index (χ0) is 20.8. The van der Waals surface area contributed by atoms with Gasteiger partial charge in [-0.05, 0) is 24.6 Å². The third-order valence-corrected chi connectivity index (χ3v) is 6.50. The van der Waals surface area contributed by atoms with Gasteiger partial charge in [0, 0.05) is 12.1 Å². The molecule has 2 aliphatic heterocycles. The quantitative estimate of drug-likeness (QED) is 0.404. The van der Waals surface area contributed by atoms with E-state index in [1.807, 2.05) is 6.92 Å². The fourth-order valence-corrected chi connectivity index (χ4v) is 4.43. The summed E-state index contributed by atoms with van der Waals surface area (Å²) in [4.78, 5) is 23.3. The maximum atomic E-state index is 13.0. The van der Waals surface area contributed by atoms with Crippen LogP contribution >= 0.6 is 0 Å². The van der Waals surface area contributed by atoms with E-state index in [2.05, 4.69) is 5.10 Å². The number of epoxide rings is 1. The number of Topliss-reactive ketones (excluding diaryl/α,β-unsaturated/α-hetero) is 1. The number of nitro benzene ring substituents is 1. The number of non-ortho nitro benzene ring substituents is 1. The molecule has 10 heteroatoms. The minimum absolute atomic E-state index is 0.0312. The lowest BCUT2D eigenvalue weighted by atomic mass is 9.91. The average molecular weight is 415 g/mol. The molecule has 0 aromatic heterocycles. The zero-order valence-corrected chi connectivity index (χ0v) is 16.2. The molecule has 150 valence electrons. The van der Waals surface area contributed by atoms with Crippen LogP contribution in [0, 0.1) is 17.0 Å². The molecule has 1 saturated heterocycles. The topological polar surface area (TPSA) is 122 Å². The molecule has 9 nitrogen and oxygen atoms in total. The second-order valence-electron chi connectivity index (χ2n) is 6.90. The van der Waals surface area contributed by atoms with Crippen LogP contribution in [0.1, 0.15) is 17.0 Å². The van der Waals surface area contributed by atoms with Crippen LogP contribution in [0.2, 0.25) is 0 Å². The van der Waals surface area contributed by atoms with Crippen molar-refractivity contribution in [1.29, 1.82) is 0 Å². The Morgan fingerprint density at radius 2 is 1.93 bits per heavy atom. The third kappa shape index (κ3) is 3.64. The van der Waals surface area contributed by atoms with Crippen LogP contribution in [-0.2, 0) is 19.6 Å². The van der Waals surface area contributed by atoms with Crippen molar-refractivity contribution in [3.63, 3.8) is 0 Å². The number of hydrazone groups is 1. The molecule has 4 rings (SSSR count). The van der Waals surface area contributed by atoms with Crippen LogP contribution < -0.4 is 0 Å². The van der Waals surface area contributed by atoms with E-state index in [9.17, 15) is 23.3 Å². The smallest absolute Gasteiger partial charge is 0.279 e. The molecule has 0 aliphatic carbocycles. The molecule has 29 heavy (non-hydrogen) atoms. The van der Waals surface area contributed by atoms with Gasteiger partial charge in [-0.15, -0.1) is 0 Å². The monoisotopic (exact) mass is 415 g/mol. The van der Waals surface area contributed by atoms with Crippen molar-refractivity contribution in [3.05, 3.63) is 69.8 Å². The van der Waals surface area contributed by atoms with E-state index in [-0.39, 0.29) is 29.4 Å². The summed E-state index contributed by atoms with van der Waals surface area (Å²) in [7, 11) is -3.98. The Morgan fingerprint density at radius 1 is 1.24 bits per heavy atom. The van der Waals surface area contributed by atoms with E-state index in [4.69, 9.17) is 4.74 Å². The van der Waals surface area contributed by atoms with Crippen molar-refractivity contribution in [3.8, 4) is 0 Å². The molecule has 0 bridgehead atoms. The van der Waals surface area contributed by atoms with Gasteiger partial charge in [-0.25, -0.2) is 0 Å². The SMILES string of the molecule is Cc1ccc(S(=O)(=O)N2C[C@H](c3cccc([N+](=O)[O-])c3)C(C(=O)[C@@H]3CO3)=N2)cc1. The second-order valence-corrected chi connectivity index (χ2v) is 8.74. The molecule has 0 spiro atoms. The lowest BCUT2D eigenvalue weighted by Gasteiger charge is -2.16. The molecular weight excluding hydrogens is 398 g/mol. The van der Waals surface area contributed by atoms with Crippen molar-refractivity contribution in [2.75, 3.05) is 13.2 Å². The van der Waals surface area contributed by atoms with Crippen LogP contribution in [0.5, 0.6) is 0 Å². The number of aryl methyl sites for hydroxylation is 1. The van der Waals surface area contributed by atoms with Gasteiger partial charge in [0.2, 0.25) is 5.78 Å². The predicted octanol–water partition coefficient (Wildman–Crippen LogP) is 2.02. The highest BCUT2D eigenvalue weighted by Gasteiger charge is 2.44. The summed E-state index contributed by atoms with van der Waals surface area (Å²) < 4.78 is 32.0. The Hall–Kier alpha value is -3.11. The van der Waals surface area contributed by atoms with E-state index in [1.165, 1.54) is 30.3 Å². The minimum Gasteiger partial charge on any atom is -0.364 e. The Bertz CT molecular complexity index is 1120. The van der Waals surface area contributed by atoms with E-state index in [0.29, 0.717) is 5.56 Å². The van der Waals surface area contributed by atoms with Crippen molar-refractivity contribution >= 4 is 27.2 Å². The number of ketones is 1. The summed E-state index contributed by atoms with van der Waals surface area (Å²) in [6, 6.07) is 12.1. The van der Waals surface area contributed by atoms with Crippen LogP contribution in [-0.4, -0.2) is 48.5 Å². The van der Waals surface area contributed by atoms with Crippen LogP contribution in [0.3, 0.4) is 0 Å². The first kappa shape index (κ1) is 19.2. The molecule has 2 heterocycles. The number of carbonyl (C=O) groups excluding carboxylic acids is 1. The number of sulfonamides is 1. The summed E-state index contributed by atoms with van der Waals surface area (Å²) in [6.07, 6.45) is -0.642. The number of ether oxygens (including phenoxy) is 1. The standard InChI is InChI=1S/C19H17N3O6S/c1-12-5-7-15(8-6-12)29(26,27)21-10-16(18(20-21)19(23)17-11-28-17)13-3-2-4-14(9-13)22(24)25/h2-9,16-17H,10-11H2,1H3/t16-,17+/m1/s1. The van der Waals surface area contributed by atoms with Gasteiger partial charge in [-0.2, -0.15) is 17.9 Å². The Labute approximate surface area is 166 Å². The summed E-state index contributed by atoms with van der Waals surface area (Å²) in [5, 5.41) is 15.2. The van der Waals surface area contributed by atoms with Crippen LogP contribution in [0.15, 0.2) is 58.5 Å². The number of nitrogens with zero attached hydrogens (tertiary/aromatic N) is 3. The number of carbonyl (C=O) groups is 1. The number of benzene rings is 2. The van der Waals surface area contributed by atoms with Crippen LogP contribution in [0.25, 0.3) is 0 Å². The van der Waals surface area contributed by atoms with Gasteiger partial charge in [0.05, 0.1) is 28.9 Å². The molecule has 2 aromatic carbocycles. The van der Waals surface area contributed by atoms with Crippen molar-refractivity contribution in [2.24, 2.45) is 5.10 Å². The Balaban J connectivity index is 1.73. The number of hydrogen-bond donors (Lipinski definition) is 0. The third-order valence-electron chi connectivity index (χ3n) is 4.85. The molecule has 0 saturated carbocycles. The average Bonchev–Trinajstić information content (AvgIpc) is 3.45. The van der Waals surface area contributed by atoms with Crippen molar-refractivity contribution in [1.82, 2.24) is 4.41 Å².